The molecular weight excluding hydrogens is 478 g/mol. The van der Waals surface area contributed by atoms with Gasteiger partial charge in [0.25, 0.3) is 0 Å². The smallest absolute Gasteiger partial charge is 0.225 e. The number of rotatable bonds is 16. The molecule has 1 unspecified atom stereocenters. The number of hydrogen-bond acceptors (Lipinski definition) is 7. The lowest BCUT2D eigenvalue weighted by Crippen LogP contribution is -2.48. The van der Waals surface area contributed by atoms with E-state index >= 15 is 0 Å². The van der Waals surface area contributed by atoms with E-state index in [0.717, 1.165) is 22.8 Å². The summed E-state index contributed by atoms with van der Waals surface area (Å²) < 4.78 is 0. The molecule has 8 nitrogen and oxygen atoms in total. The normalized spacial score (nSPS) is 13.6. The Kier molecular flexibility index (Phi) is 12.6. The number of nitrogens with one attached hydrogen (secondary N) is 2. The van der Waals surface area contributed by atoms with Gasteiger partial charge < -0.3 is 21.5 Å². The maximum Gasteiger partial charge on any atom is 0.225 e. The van der Waals surface area contributed by atoms with E-state index in [1.165, 1.54) is 6.92 Å². The van der Waals surface area contributed by atoms with Crippen LogP contribution in [-0.2, 0) is 25.6 Å². The fourth-order valence-corrected chi connectivity index (χ4v) is 4.43. The van der Waals surface area contributed by atoms with Gasteiger partial charge in [-0.3, -0.25) is 19.2 Å². The Morgan fingerprint density at radius 3 is 2.36 bits per heavy atom. The summed E-state index contributed by atoms with van der Waals surface area (Å²) in [6.07, 6.45) is 2.31. The molecule has 5 N–H and O–H groups in total. The van der Waals surface area contributed by atoms with Crippen LogP contribution in [0.3, 0.4) is 0 Å². The number of fused-ring (bicyclic) bond motifs is 1. The molecule has 2 rings (SSSR count). The summed E-state index contributed by atoms with van der Waals surface area (Å²) in [7, 11) is 0. The van der Waals surface area contributed by atoms with Crippen molar-refractivity contribution in [2.45, 2.75) is 57.5 Å². The fraction of sp³-hybridized carbons (Fsp3) is 0.481. The molecule has 36 heavy (non-hydrogen) atoms. The minimum absolute atomic E-state index is 0.0789. The van der Waals surface area contributed by atoms with Crippen molar-refractivity contribution in [3.8, 4) is 0 Å². The minimum atomic E-state index is -1.07. The molecule has 2 aromatic rings. The van der Waals surface area contributed by atoms with Gasteiger partial charge in [0.05, 0.1) is 18.6 Å². The van der Waals surface area contributed by atoms with Gasteiger partial charge in [-0.05, 0) is 48.6 Å². The largest absolute Gasteiger partial charge is 0.394 e. The number of benzene rings is 2. The van der Waals surface area contributed by atoms with Crippen LogP contribution in [0.1, 0.15) is 44.6 Å². The Labute approximate surface area is 217 Å². The van der Waals surface area contributed by atoms with Crippen molar-refractivity contribution in [1.29, 1.82) is 0 Å². The first-order chi connectivity index (χ1) is 17.3. The quantitative estimate of drug-likeness (QED) is 0.171. The third-order valence-electron chi connectivity index (χ3n) is 6.16. The Hall–Kier alpha value is -2.75. The SMILES string of the molecule is CC(=O)N[C@@H](CCCCN)C(=O)CC(CS)C(=O)N[C@@H](CO)C(=O)CCc1cccc2ccccc12. The van der Waals surface area contributed by atoms with Crippen molar-refractivity contribution in [2.24, 2.45) is 11.7 Å². The molecule has 0 bridgehead atoms. The predicted octanol–water partition coefficient (Wildman–Crippen LogP) is 1.96. The molecule has 0 radical (unpaired) electrons. The van der Waals surface area contributed by atoms with Gasteiger partial charge in [-0.15, -0.1) is 0 Å². The molecule has 196 valence electrons. The third kappa shape index (κ3) is 9.04. The molecule has 0 aromatic heterocycles. The van der Waals surface area contributed by atoms with Crippen LogP contribution in [0.5, 0.6) is 0 Å². The van der Waals surface area contributed by atoms with Crippen LogP contribution in [0.4, 0.5) is 0 Å². The highest BCUT2D eigenvalue weighted by atomic mass is 32.1. The zero-order valence-electron chi connectivity index (χ0n) is 20.7. The Morgan fingerprint density at radius 2 is 1.69 bits per heavy atom. The fourth-order valence-electron chi connectivity index (χ4n) is 4.14. The average Bonchev–Trinajstić information content (AvgIpc) is 2.87. The highest BCUT2D eigenvalue weighted by molar-refractivity contribution is 7.80. The van der Waals surface area contributed by atoms with E-state index < -0.39 is 30.5 Å². The molecule has 3 atom stereocenters. The maximum absolute atomic E-state index is 12.9. The molecule has 0 aliphatic rings. The van der Waals surface area contributed by atoms with E-state index in [-0.39, 0.29) is 36.1 Å². The van der Waals surface area contributed by atoms with Gasteiger partial charge in [0.1, 0.15) is 6.04 Å². The van der Waals surface area contributed by atoms with Gasteiger partial charge in [0.2, 0.25) is 11.8 Å². The lowest BCUT2D eigenvalue weighted by atomic mass is 9.95. The minimum Gasteiger partial charge on any atom is -0.394 e. The summed E-state index contributed by atoms with van der Waals surface area (Å²) in [5, 5.41) is 17.1. The van der Waals surface area contributed by atoms with E-state index in [4.69, 9.17) is 5.73 Å². The predicted molar refractivity (Wildman–Crippen MR) is 144 cm³/mol. The van der Waals surface area contributed by atoms with Gasteiger partial charge in [-0.2, -0.15) is 12.6 Å². The number of amides is 2. The first kappa shape index (κ1) is 29.5. The van der Waals surface area contributed by atoms with Crippen LogP contribution in [0, 0.1) is 5.92 Å². The van der Waals surface area contributed by atoms with Crippen molar-refractivity contribution >= 4 is 46.8 Å². The monoisotopic (exact) mass is 515 g/mol. The topological polar surface area (TPSA) is 139 Å². The van der Waals surface area contributed by atoms with Crippen LogP contribution >= 0.6 is 12.6 Å². The number of unbranched alkanes of at least 4 members (excludes halogenated alkanes) is 1. The van der Waals surface area contributed by atoms with Gasteiger partial charge in [-0.25, -0.2) is 0 Å². The summed E-state index contributed by atoms with van der Waals surface area (Å²) in [6, 6.07) is 12.0. The Balaban J connectivity index is 1.97. The van der Waals surface area contributed by atoms with Crippen molar-refractivity contribution in [3.63, 3.8) is 0 Å². The molecular formula is C27H37N3O5S. The van der Waals surface area contributed by atoms with E-state index in [2.05, 4.69) is 23.3 Å². The van der Waals surface area contributed by atoms with E-state index in [1.54, 1.807) is 0 Å². The molecule has 2 aromatic carbocycles. The van der Waals surface area contributed by atoms with Crippen molar-refractivity contribution in [3.05, 3.63) is 48.0 Å². The standard InChI is InChI=1S/C27H37N3O5S/c1-18(32)29-23(11-4-5-14-28)26(34)15-21(17-36)27(35)30-24(16-31)25(33)13-12-20-9-6-8-19-7-2-3-10-22(19)20/h2-3,6-10,21,23-24,31,36H,4-5,11-17,28H2,1H3,(H,29,32)(H,30,35)/t21?,23-,24-/m0/s1. The molecule has 2 amide bonds. The number of aliphatic hydroxyl groups is 1. The molecule has 9 heteroatoms. The molecule has 0 aliphatic heterocycles. The number of carbonyl (C=O) groups is 4. The van der Waals surface area contributed by atoms with Crippen molar-refractivity contribution in [1.82, 2.24) is 10.6 Å². The first-order valence-electron chi connectivity index (χ1n) is 12.3. The van der Waals surface area contributed by atoms with E-state index in [1.807, 2.05) is 42.5 Å². The number of aliphatic hydroxyl groups excluding tert-OH is 1. The lowest BCUT2D eigenvalue weighted by molar-refractivity contribution is -0.133. The number of ketones is 2. The highest BCUT2D eigenvalue weighted by Crippen LogP contribution is 2.20. The number of thiol groups is 1. The first-order valence-corrected chi connectivity index (χ1v) is 12.9. The highest BCUT2D eigenvalue weighted by Gasteiger charge is 2.29. The molecule has 0 heterocycles. The van der Waals surface area contributed by atoms with Crippen LogP contribution < -0.4 is 16.4 Å². The molecule has 0 fully saturated rings. The number of hydrogen-bond donors (Lipinski definition) is 5. The number of carbonyl (C=O) groups excluding carboxylic acids is 4. The average molecular weight is 516 g/mol. The van der Waals surface area contributed by atoms with Crippen LogP contribution in [0.15, 0.2) is 42.5 Å². The Morgan fingerprint density at radius 1 is 0.972 bits per heavy atom. The second-order valence-electron chi connectivity index (χ2n) is 8.94. The number of Topliss-reactive ketones (excluding diaryl/α,β-unsaturated/α-hetero) is 2. The van der Waals surface area contributed by atoms with Gasteiger partial charge >= 0.3 is 0 Å². The van der Waals surface area contributed by atoms with E-state index in [9.17, 15) is 24.3 Å². The van der Waals surface area contributed by atoms with Crippen molar-refractivity contribution < 1.29 is 24.3 Å². The molecule has 0 spiro atoms. The summed E-state index contributed by atoms with van der Waals surface area (Å²) in [4.78, 5) is 50.0. The lowest BCUT2D eigenvalue weighted by Gasteiger charge is -2.22. The number of aryl methyl sites for hydroxylation is 1. The molecule has 0 saturated carbocycles. The maximum atomic E-state index is 12.9. The van der Waals surface area contributed by atoms with E-state index in [0.29, 0.717) is 25.8 Å². The molecule has 0 saturated heterocycles. The second kappa shape index (κ2) is 15.4. The summed E-state index contributed by atoms with van der Waals surface area (Å²) >= 11 is 4.22. The van der Waals surface area contributed by atoms with Gasteiger partial charge in [0.15, 0.2) is 11.6 Å². The second-order valence-corrected chi connectivity index (χ2v) is 9.30. The summed E-state index contributed by atoms with van der Waals surface area (Å²) in [5.41, 5.74) is 6.53. The van der Waals surface area contributed by atoms with Crippen LogP contribution in [0.25, 0.3) is 10.8 Å². The van der Waals surface area contributed by atoms with Crippen LogP contribution in [-0.4, -0.2) is 59.5 Å². The summed E-state index contributed by atoms with van der Waals surface area (Å²) in [6.45, 7) is 1.28. The number of nitrogens with two attached hydrogens (primary N) is 1. The van der Waals surface area contributed by atoms with Crippen molar-refractivity contribution in [2.75, 3.05) is 18.9 Å². The van der Waals surface area contributed by atoms with Crippen LogP contribution in [0.2, 0.25) is 0 Å². The van der Waals surface area contributed by atoms with Gasteiger partial charge in [-0.1, -0.05) is 42.5 Å². The Bertz CT molecular complexity index is 1040. The summed E-state index contributed by atoms with van der Waals surface area (Å²) in [5.74, 6) is -2.15. The van der Waals surface area contributed by atoms with Gasteiger partial charge in [0, 0.05) is 25.5 Å². The molecule has 0 aliphatic carbocycles. The zero-order valence-corrected chi connectivity index (χ0v) is 21.6. The zero-order chi connectivity index (χ0) is 26.5. The third-order valence-corrected chi connectivity index (χ3v) is 6.60.